The van der Waals surface area contributed by atoms with Gasteiger partial charge in [-0.15, -0.1) is 0 Å². The van der Waals surface area contributed by atoms with Gasteiger partial charge in [0.25, 0.3) is 0 Å². The van der Waals surface area contributed by atoms with E-state index in [0.717, 1.165) is 44.2 Å². The zero-order chi connectivity index (χ0) is 22.7. The number of rotatable bonds is 6. The normalized spacial score (nSPS) is 30.4. The molecule has 1 amide bonds. The Kier molecular flexibility index (Phi) is 7.57. The summed E-state index contributed by atoms with van der Waals surface area (Å²) in [5, 5.41) is 27.7. The number of hydrogen-bond donors (Lipinski definition) is 5. The van der Waals surface area contributed by atoms with Gasteiger partial charge in [-0.2, -0.15) is 0 Å². The van der Waals surface area contributed by atoms with Gasteiger partial charge in [0, 0.05) is 30.7 Å². The van der Waals surface area contributed by atoms with Crippen LogP contribution in [0.4, 0.5) is 11.4 Å². The molecule has 1 saturated heterocycles. The van der Waals surface area contributed by atoms with Crippen LogP contribution in [-0.4, -0.2) is 98.3 Å². The van der Waals surface area contributed by atoms with Gasteiger partial charge in [0.2, 0.25) is 5.91 Å². The van der Waals surface area contributed by atoms with Crippen molar-refractivity contribution >= 4 is 34.2 Å². The van der Waals surface area contributed by atoms with Crippen LogP contribution in [0.3, 0.4) is 0 Å². The fourth-order valence-electron chi connectivity index (χ4n) is 4.48. The Morgan fingerprint density at radius 2 is 1.97 bits per heavy atom. The minimum Gasteiger partial charge on any atom is -0.390 e. The minimum absolute atomic E-state index is 0.0714. The lowest BCUT2D eigenvalue weighted by molar-refractivity contribution is -0.906. The highest BCUT2D eigenvalue weighted by molar-refractivity contribution is 8.15. The molecule has 5 N–H and O–H groups in total. The molecule has 2 fully saturated rings. The van der Waals surface area contributed by atoms with Crippen LogP contribution in [0.15, 0.2) is 29.3 Å². The van der Waals surface area contributed by atoms with E-state index in [4.69, 9.17) is 4.74 Å². The van der Waals surface area contributed by atoms with Crippen molar-refractivity contribution in [2.24, 2.45) is 10.9 Å². The molecule has 0 spiro atoms. The number of amides is 1. The molecule has 2 heterocycles. The van der Waals surface area contributed by atoms with E-state index in [-0.39, 0.29) is 17.6 Å². The van der Waals surface area contributed by atoms with E-state index in [9.17, 15) is 15.0 Å². The summed E-state index contributed by atoms with van der Waals surface area (Å²) in [7, 11) is 3.98. The van der Waals surface area contributed by atoms with Gasteiger partial charge in [0.05, 0.1) is 44.4 Å². The van der Waals surface area contributed by atoms with Crippen molar-refractivity contribution in [2.75, 3.05) is 63.7 Å². The molecule has 10 heteroatoms. The lowest BCUT2D eigenvalue weighted by atomic mass is 9.81. The van der Waals surface area contributed by atoms with Crippen molar-refractivity contribution in [1.29, 1.82) is 0 Å². The van der Waals surface area contributed by atoms with Gasteiger partial charge < -0.3 is 35.4 Å². The third-order valence-electron chi connectivity index (χ3n) is 6.44. The second-order valence-corrected chi connectivity index (χ2v) is 10.0. The van der Waals surface area contributed by atoms with Crippen molar-refractivity contribution in [3.05, 3.63) is 24.3 Å². The number of anilines is 2. The smallest absolute Gasteiger partial charge is 0.224 e. The Hall–Kier alpha value is -1.85. The highest BCUT2D eigenvalue weighted by Crippen LogP contribution is 2.41. The molecule has 0 bridgehead atoms. The van der Waals surface area contributed by atoms with E-state index in [0.29, 0.717) is 11.7 Å². The third kappa shape index (κ3) is 5.37. The minimum atomic E-state index is -0.968. The van der Waals surface area contributed by atoms with Gasteiger partial charge in [-0.1, -0.05) is 11.8 Å². The topological polar surface area (TPSA) is 111 Å². The van der Waals surface area contributed by atoms with Gasteiger partial charge >= 0.3 is 0 Å². The number of nitrogens with one attached hydrogen (secondary N) is 3. The summed E-state index contributed by atoms with van der Waals surface area (Å²) in [5.74, 6) is -0.472. The van der Waals surface area contributed by atoms with Crippen LogP contribution >= 0.6 is 11.8 Å². The summed E-state index contributed by atoms with van der Waals surface area (Å²) in [6.45, 7) is 4.91. The summed E-state index contributed by atoms with van der Waals surface area (Å²) in [5.41, 5.74) is 1.99. The van der Waals surface area contributed by atoms with Crippen LogP contribution in [0.25, 0.3) is 0 Å². The number of amidine groups is 1. The van der Waals surface area contributed by atoms with E-state index in [1.165, 1.54) is 16.7 Å². The maximum atomic E-state index is 13.0. The Bertz CT molecular complexity index is 815. The lowest BCUT2D eigenvalue weighted by Gasteiger charge is -2.37. The van der Waals surface area contributed by atoms with Crippen LogP contribution in [0.5, 0.6) is 0 Å². The first-order valence-electron chi connectivity index (χ1n) is 11.3. The number of aliphatic imine (C=N–C) groups is 1. The maximum absolute atomic E-state index is 13.0. The molecule has 32 heavy (non-hydrogen) atoms. The molecule has 1 aromatic rings. The molecule has 176 valence electrons. The van der Waals surface area contributed by atoms with Crippen molar-refractivity contribution in [3.8, 4) is 0 Å². The first-order chi connectivity index (χ1) is 15.4. The van der Waals surface area contributed by atoms with Crippen molar-refractivity contribution < 1.29 is 24.6 Å². The number of carbonyl (C=O) groups is 1. The quantitative estimate of drug-likeness (QED) is 0.359. The number of hydrogen-bond acceptors (Lipinski definition) is 8. The molecular weight excluding hydrogens is 430 g/mol. The SMILES string of the molecule is CN(C)c1ccc(NC2=N[C@H]3[C@@H](O)[C@H](O)C[C@H](C(=O)NCC[NH+]4CCOCC4)[C@H]3S2)cc1. The number of benzene rings is 1. The Morgan fingerprint density at radius 3 is 2.66 bits per heavy atom. The van der Waals surface area contributed by atoms with Gasteiger partial charge in [0.1, 0.15) is 19.2 Å². The molecule has 2 aliphatic heterocycles. The average molecular weight is 465 g/mol. The molecule has 5 atom stereocenters. The number of quaternary nitrogens is 1. The van der Waals surface area contributed by atoms with Crippen LogP contribution in [0.1, 0.15) is 6.42 Å². The molecule has 0 radical (unpaired) electrons. The number of morpholine rings is 1. The molecular formula is C22H34N5O4S+. The first-order valence-corrected chi connectivity index (χ1v) is 12.1. The predicted octanol–water partition coefficient (Wildman–Crippen LogP) is -1.22. The summed E-state index contributed by atoms with van der Waals surface area (Å²) in [4.78, 5) is 21.1. The molecule has 0 unspecified atom stereocenters. The predicted molar refractivity (Wildman–Crippen MR) is 127 cm³/mol. The molecule has 3 aliphatic rings. The van der Waals surface area contributed by atoms with E-state index >= 15 is 0 Å². The number of carbonyl (C=O) groups excluding carboxylic acids is 1. The molecule has 1 aromatic carbocycles. The van der Waals surface area contributed by atoms with Gasteiger partial charge in [-0.05, 0) is 30.7 Å². The molecule has 1 saturated carbocycles. The van der Waals surface area contributed by atoms with E-state index in [1.54, 1.807) is 0 Å². The molecule has 4 rings (SSSR count). The number of nitrogens with zero attached hydrogens (tertiary/aromatic N) is 2. The summed E-state index contributed by atoms with van der Waals surface area (Å²) in [6, 6.07) is 7.47. The summed E-state index contributed by atoms with van der Waals surface area (Å²) in [6.07, 6.45) is -1.68. The van der Waals surface area contributed by atoms with Gasteiger partial charge in [0.15, 0.2) is 5.17 Å². The highest BCUT2D eigenvalue weighted by atomic mass is 32.2. The lowest BCUT2D eigenvalue weighted by Crippen LogP contribution is -3.14. The van der Waals surface area contributed by atoms with Crippen molar-refractivity contribution in [3.63, 3.8) is 0 Å². The Labute approximate surface area is 193 Å². The monoisotopic (exact) mass is 464 g/mol. The summed E-state index contributed by atoms with van der Waals surface area (Å²) >= 11 is 1.48. The van der Waals surface area contributed by atoms with E-state index < -0.39 is 24.2 Å². The van der Waals surface area contributed by atoms with Crippen LogP contribution in [0.2, 0.25) is 0 Å². The molecule has 0 aromatic heterocycles. The second kappa shape index (κ2) is 10.4. The van der Waals surface area contributed by atoms with Gasteiger partial charge in [-0.25, -0.2) is 0 Å². The highest BCUT2D eigenvalue weighted by Gasteiger charge is 2.50. The summed E-state index contributed by atoms with van der Waals surface area (Å²) < 4.78 is 5.38. The Morgan fingerprint density at radius 1 is 1.25 bits per heavy atom. The molecule has 9 nitrogen and oxygen atoms in total. The fraction of sp³-hybridized carbons (Fsp3) is 0.636. The Balaban J connectivity index is 1.36. The fourth-order valence-corrected chi connectivity index (χ4v) is 5.86. The number of aliphatic hydroxyl groups is 2. The number of fused-ring (bicyclic) bond motifs is 1. The van der Waals surface area contributed by atoms with E-state index in [1.807, 2.05) is 43.3 Å². The zero-order valence-corrected chi connectivity index (χ0v) is 19.5. The average Bonchev–Trinajstić information content (AvgIpc) is 3.21. The second-order valence-electron chi connectivity index (χ2n) is 8.88. The number of aliphatic hydroxyl groups excluding tert-OH is 2. The third-order valence-corrected chi connectivity index (χ3v) is 7.75. The van der Waals surface area contributed by atoms with E-state index in [2.05, 4.69) is 15.6 Å². The van der Waals surface area contributed by atoms with Crippen molar-refractivity contribution in [2.45, 2.75) is 29.9 Å². The van der Waals surface area contributed by atoms with Crippen LogP contribution in [-0.2, 0) is 9.53 Å². The van der Waals surface area contributed by atoms with Crippen molar-refractivity contribution in [1.82, 2.24) is 5.32 Å². The molecule has 1 aliphatic carbocycles. The number of ether oxygens (including phenoxy) is 1. The van der Waals surface area contributed by atoms with Crippen LogP contribution < -0.4 is 20.4 Å². The van der Waals surface area contributed by atoms with Gasteiger partial charge in [-0.3, -0.25) is 9.79 Å². The zero-order valence-electron chi connectivity index (χ0n) is 18.7. The van der Waals surface area contributed by atoms with Crippen LogP contribution in [0, 0.1) is 5.92 Å². The largest absolute Gasteiger partial charge is 0.390 e. The first kappa shape index (κ1) is 23.3. The standard InChI is InChI=1S/C22H33N5O4S/c1-26(2)15-5-3-14(4-6-15)24-22-25-18-19(29)17(28)13-16(20(18)32-22)21(30)23-7-8-27-9-11-31-12-10-27/h3-6,16-20,28-29H,7-13H2,1-2H3,(H,23,30)(H,24,25)/p+1/t16-,17+,18-,19-,20+/m0/s1. The maximum Gasteiger partial charge on any atom is 0.224 e. The number of thioether (sulfide) groups is 1.